The Labute approximate surface area is 205 Å². The van der Waals surface area contributed by atoms with Gasteiger partial charge in [-0.1, -0.05) is 40.2 Å². The zero-order chi connectivity index (χ0) is 23.7. The molecule has 8 nitrogen and oxygen atoms in total. The van der Waals surface area contributed by atoms with Gasteiger partial charge in [0.1, 0.15) is 5.03 Å². The van der Waals surface area contributed by atoms with Gasteiger partial charge in [-0.3, -0.25) is 4.79 Å². The molecule has 1 aliphatic rings. The van der Waals surface area contributed by atoms with E-state index in [1.165, 1.54) is 11.8 Å². The summed E-state index contributed by atoms with van der Waals surface area (Å²) in [6.07, 6.45) is 12.7. The summed E-state index contributed by atoms with van der Waals surface area (Å²) in [5.74, 6) is 0.637. The van der Waals surface area contributed by atoms with Gasteiger partial charge < -0.3 is 20.6 Å². The summed E-state index contributed by atoms with van der Waals surface area (Å²) >= 11 is 4.86. The van der Waals surface area contributed by atoms with Gasteiger partial charge in [-0.2, -0.15) is 0 Å². The number of carboxylic acid groups (broad SMARTS) is 1. The van der Waals surface area contributed by atoms with Crippen molar-refractivity contribution in [2.45, 2.75) is 48.1 Å². The highest BCUT2D eigenvalue weighted by Crippen LogP contribution is 2.29. The number of unbranched alkanes of at least 4 members (excludes halogenated alkanes) is 2. The molecule has 2 amide bonds. The number of carbonyl (C=O) groups excluding carboxylic acids is 1. The highest BCUT2D eigenvalue weighted by atomic mass is 79.9. The molecular formula is C23H26BrN5O3S. The molecule has 0 saturated carbocycles. The summed E-state index contributed by atoms with van der Waals surface area (Å²) in [6, 6.07) is 7.65. The molecule has 3 rings (SSSR count). The summed E-state index contributed by atoms with van der Waals surface area (Å²) in [5.41, 5.74) is -0.00346. The van der Waals surface area contributed by atoms with Gasteiger partial charge in [-0.25, -0.2) is 14.8 Å². The standard InChI is InChI=1S/C23H26BrN5O3S/c1-23(28-22(31)32)9-12-29(13-10-23)19-15-26-21(16-25-19)33-18-7-5-6-17(14-18)27-20(30)8-3-2-4-11-24/h5-7,9-10,12-16,28H,2-4,8,11H2,1H3,(H,27,30)(H,31,32). The SMILES string of the molecule is CC1(NC(=O)O)C=CN(c2cnc(Sc3cccc(NC(=O)CCCCCBr)c3)cn2)C=C1. The van der Waals surface area contributed by atoms with Crippen LogP contribution in [0, 0.1) is 0 Å². The Hall–Kier alpha value is -2.85. The molecule has 1 aromatic heterocycles. The lowest BCUT2D eigenvalue weighted by atomic mass is 10.0. The molecule has 1 aromatic carbocycles. The third-order valence-electron chi connectivity index (χ3n) is 4.80. The van der Waals surface area contributed by atoms with Crippen LogP contribution >= 0.6 is 27.7 Å². The van der Waals surface area contributed by atoms with Crippen LogP contribution in [0.2, 0.25) is 0 Å². The van der Waals surface area contributed by atoms with E-state index in [0.29, 0.717) is 12.2 Å². The lowest BCUT2D eigenvalue weighted by Crippen LogP contribution is -2.43. The molecule has 0 spiro atoms. The van der Waals surface area contributed by atoms with Crippen molar-refractivity contribution in [3.8, 4) is 0 Å². The zero-order valence-corrected chi connectivity index (χ0v) is 20.6. The molecule has 0 aliphatic carbocycles. The van der Waals surface area contributed by atoms with Crippen LogP contribution in [0.4, 0.5) is 16.3 Å². The molecule has 2 heterocycles. The first-order chi connectivity index (χ1) is 15.9. The Kier molecular flexibility index (Phi) is 8.90. The van der Waals surface area contributed by atoms with Gasteiger partial charge in [-0.15, -0.1) is 0 Å². The first-order valence-electron chi connectivity index (χ1n) is 10.5. The van der Waals surface area contributed by atoms with Crippen molar-refractivity contribution in [1.29, 1.82) is 0 Å². The van der Waals surface area contributed by atoms with Crippen LogP contribution in [0.5, 0.6) is 0 Å². The monoisotopic (exact) mass is 531 g/mol. The maximum absolute atomic E-state index is 12.1. The molecule has 0 unspecified atom stereocenters. The Bertz CT molecular complexity index is 1020. The van der Waals surface area contributed by atoms with E-state index in [1.807, 2.05) is 24.3 Å². The molecule has 0 radical (unpaired) electrons. The van der Waals surface area contributed by atoms with Gasteiger partial charge in [0.2, 0.25) is 5.91 Å². The molecule has 3 N–H and O–H groups in total. The fourth-order valence-corrected chi connectivity index (χ4v) is 4.26. The molecular weight excluding hydrogens is 506 g/mol. The molecule has 0 atom stereocenters. The van der Waals surface area contributed by atoms with E-state index in [-0.39, 0.29) is 5.91 Å². The number of nitrogens with zero attached hydrogens (tertiary/aromatic N) is 3. The van der Waals surface area contributed by atoms with Crippen LogP contribution in [-0.2, 0) is 4.79 Å². The minimum atomic E-state index is -1.09. The van der Waals surface area contributed by atoms with Crippen molar-refractivity contribution < 1.29 is 14.7 Å². The largest absolute Gasteiger partial charge is 0.465 e. The van der Waals surface area contributed by atoms with Crippen molar-refractivity contribution in [2.75, 3.05) is 15.5 Å². The average Bonchev–Trinajstić information content (AvgIpc) is 2.77. The molecule has 174 valence electrons. The molecule has 0 bridgehead atoms. The number of hydrogen-bond acceptors (Lipinski definition) is 6. The fraction of sp³-hybridized carbons (Fsp3) is 0.304. The smallest absolute Gasteiger partial charge is 0.405 e. The van der Waals surface area contributed by atoms with E-state index in [4.69, 9.17) is 5.11 Å². The number of nitrogens with one attached hydrogen (secondary N) is 2. The summed E-state index contributed by atoms with van der Waals surface area (Å²) in [5, 5.41) is 16.0. The number of carbonyl (C=O) groups is 2. The van der Waals surface area contributed by atoms with Crippen molar-refractivity contribution in [3.63, 3.8) is 0 Å². The Morgan fingerprint density at radius 2 is 1.94 bits per heavy atom. The average molecular weight is 532 g/mol. The lowest BCUT2D eigenvalue weighted by Gasteiger charge is -2.28. The number of alkyl halides is 1. The van der Waals surface area contributed by atoms with E-state index in [0.717, 1.165) is 40.2 Å². The summed E-state index contributed by atoms with van der Waals surface area (Å²) in [6.45, 7) is 1.76. The first kappa shape index (κ1) is 24.8. The number of aromatic nitrogens is 2. The first-order valence-corrected chi connectivity index (χ1v) is 12.4. The maximum Gasteiger partial charge on any atom is 0.405 e. The van der Waals surface area contributed by atoms with Gasteiger partial charge >= 0.3 is 6.09 Å². The third kappa shape index (κ3) is 7.90. The molecule has 0 fully saturated rings. The predicted molar refractivity (Wildman–Crippen MR) is 134 cm³/mol. The van der Waals surface area contributed by atoms with Crippen LogP contribution in [0.3, 0.4) is 0 Å². The van der Waals surface area contributed by atoms with Gasteiger partial charge in [0.15, 0.2) is 5.82 Å². The molecule has 33 heavy (non-hydrogen) atoms. The highest BCUT2D eigenvalue weighted by molar-refractivity contribution is 9.09. The van der Waals surface area contributed by atoms with Gasteiger partial charge in [0, 0.05) is 34.7 Å². The van der Waals surface area contributed by atoms with Gasteiger partial charge in [-0.05, 0) is 50.1 Å². The van der Waals surface area contributed by atoms with E-state index < -0.39 is 11.6 Å². The quantitative estimate of drug-likeness (QED) is 0.278. The maximum atomic E-state index is 12.1. The van der Waals surface area contributed by atoms with Gasteiger partial charge in [0.05, 0.1) is 17.9 Å². The number of amides is 2. The number of halogens is 1. The number of hydrogen-bond donors (Lipinski definition) is 3. The number of anilines is 2. The third-order valence-corrected chi connectivity index (χ3v) is 6.27. The second-order valence-corrected chi connectivity index (χ2v) is 9.53. The van der Waals surface area contributed by atoms with Crippen LogP contribution < -0.4 is 15.5 Å². The van der Waals surface area contributed by atoms with Crippen molar-refractivity contribution in [2.24, 2.45) is 0 Å². The van der Waals surface area contributed by atoms with Crippen LogP contribution in [0.25, 0.3) is 0 Å². The van der Waals surface area contributed by atoms with Gasteiger partial charge in [0.25, 0.3) is 0 Å². The topological polar surface area (TPSA) is 107 Å². The predicted octanol–water partition coefficient (Wildman–Crippen LogP) is 5.40. The number of rotatable bonds is 10. The number of benzene rings is 1. The molecule has 0 saturated heterocycles. The Balaban J connectivity index is 1.56. The van der Waals surface area contributed by atoms with Crippen molar-refractivity contribution in [3.05, 3.63) is 61.2 Å². The van der Waals surface area contributed by atoms with Crippen LogP contribution in [-0.4, -0.2) is 37.9 Å². The minimum absolute atomic E-state index is 0.0214. The van der Waals surface area contributed by atoms with E-state index in [1.54, 1.807) is 48.8 Å². The second kappa shape index (κ2) is 11.9. The minimum Gasteiger partial charge on any atom is -0.465 e. The fourth-order valence-electron chi connectivity index (χ4n) is 3.08. The Morgan fingerprint density at radius 3 is 2.61 bits per heavy atom. The zero-order valence-electron chi connectivity index (χ0n) is 18.2. The second-order valence-electron chi connectivity index (χ2n) is 7.64. The lowest BCUT2D eigenvalue weighted by molar-refractivity contribution is -0.116. The van der Waals surface area contributed by atoms with E-state index in [2.05, 4.69) is 36.5 Å². The summed E-state index contributed by atoms with van der Waals surface area (Å²) in [4.78, 5) is 34.7. The van der Waals surface area contributed by atoms with E-state index >= 15 is 0 Å². The van der Waals surface area contributed by atoms with E-state index in [9.17, 15) is 9.59 Å². The molecule has 10 heteroatoms. The van der Waals surface area contributed by atoms with Crippen LogP contribution in [0.1, 0.15) is 32.6 Å². The van der Waals surface area contributed by atoms with Crippen LogP contribution in [0.15, 0.2) is 71.1 Å². The highest BCUT2D eigenvalue weighted by Gasteiger charge is 2.23. The van der Waals surface area contributed by atoms with Crippen molar-refractivity contribution in [1.82, 2.24) is 15.3 Å². The molecule has 2 aromatic rings. The Morgan fingerprint density at radius 1 is 1.15 bits per heavy atom. The molecule has 1 aliphatic heterocycles. The summed E-state index contributed by atoms with van der Waals surface area (Å²) < 4.78 is 0. The summed E-state index contributed by atoms with van der Waals surface area (Å²) in [7, 11) is 0. The normalized spacial score (nSPS) is 14.2. The van der Waals surface area contributed by atoms with Crippen molar-refractivity contribution >= 4 is 51.2 Å².